The van der Waals surface area contributed by atoms with Gasteiger partial charge in [0.1, 0.15) is 5.75 Å². The summed E-state index contributed by atoms with van der Waals surface area (Å²) in [5.74, 6) is 8.39. The summed E-state index contributed by atoms with van der Waals surface area (Å²) in [5.41, 5.74) is 1.80. The van der Waals surface area contributed by atoms with Crippen molar-refractivity contribution in [2.75, 3.05) is 21.3 Å². The van der Waals surface area contributed by atoms with Crippen LogP contribution in [0.2, 0.25) is 0 Å². The molecule has 2 rings (SSSR count). The molecule has 102 valence electrons. The number of hydrogen-bond acceptors (Lipinski definition) is 3. The van der Waals surface area contributed by atoms with Crippen molar-refractivity contribution < 1.29 is 14.2 Å². The zero-order valence-electron chi connectivity index (χ0n) is 11.8. The molecular formula is C17H16O3. The minimum atomic E-state index is 0.675. The molecule has 20 heavy (non-hydrogen) atoms. The predicted molar refractivity (Wildman–Crippen MR) is 78.5 cm³/mol. The largest absolute Gasteiger partial charge is 0.497 e. The Bertz CT molecular complexity index is 634. The Morgan fingerprint density at radius 2 is 1.25 bits per heavy atom. The van der Waals surface area contributed by atoms with Crippen LogP contribution in [0, 0.1) is 11.8 Å². The Balaban J connectivity index is 2.23. The number of ether oxygens (including phenoxy) is 3. The molecule has 0 heterocycles. The van der Waals surface area contributed by atoms with E-state index in [4.69, 9.17) is 14.2 Å². The molecule has 2 aromatic rings. The van der Waals surface area contributed by atoms with E-state index >= 15 is 0 Å². The van der Waals surface area contributed by atoms with E-state index in [1.807, 2.05) is 42.5 Å². The van der Waals surface area contributed by atoms with Crippen LogP contribution in [0.3, 0.4) is 0 Å². The Morgan fingerprint density at radius 3 is 1.85 bits per heavy atom. The molecule has 3 nitrogen and oxygen atoms in total. The van der Waals surface area contributed by atoms with Crippen molar-refractivity contribution in [3.8, 4) is 29.1 Å². The van der Waals surface area contributed by atoms with E-state index in [9.17, 15) is 0 Å². The molecule has 0 aliphatic heterocycles. The van der Waals surface area contributed by atoms with Gasteiger partial charge in [0.2, 0.25) is 0 Å². The van der Waals surface area contributed by atoms with Crippen molar-refractivity contribution >= 4 is 0 Å². The summed E-state index contributed by atoms with van der Waals surface area (Å²) in [4.78, 5) is 0. The lowest BCUT2D eigenvalue weighted by molar-refractivity contribution is 0.355. The van der Waals surface area contributed by atoms with Crippen LogP contribution in [0.1, 0.15) is 11.1 Å². The van der Waals surface area contributed by atoms with Gasteiger partial charge in [-0.3, -0.25) is 0 Å². The summed E-state index contributed by atoms with van der Waals surface area (Å²) in [7, 11) is 4.86. The van der Waals surface area contributed by atoms with Gasteiger partial charge < -0.3 is 14.2 Å². The van der Waals surface area contributed by atoms with Crippen LogP contribution < -0.4 is 14.2 Å². The summed E-state index contributed by atoms with van der Waals surface area (Å²) in [5, 5.41) is 0. The van der Waals surface area contributed by atoms with E-state index in [-0.39, 0.29) is 0 Å². The van der Waals surface area contributed by atoms with Crippen LogP contribution in [0.4, 0.5) is 0 Å². The van der Waals surface area contributed by atoms with Crippen molar-refractivity contribution in [1.82, 2.24) is 0 Å². The molecule has 0 aliphatic carbocycles. The Labute approximate surface area is 119 Å². The molecule has 0 aliphatic rings. The molecule has 0 saturated heterocycles. The number of benzene rings is 2. The van der Waals surface area contributed by atoms with Gasteiger partial charge in [0.25, 0.3) is 0 Å². The van der Waals surface area contributed by atoms with Crippen LogP contribution in [-0.2, 0) is 0 Å². The van der Waals surface area contributed by atoms with Gasteiger partial charge in [0.15, 0.2) is 11.5 Å². The molecule has 0 spiro atoms. The highest BCUT2D eigenvalue weighted by atomic mass is 16.5. The molecule has 0 unspecified atom stereocenters. The molecule has 0 atom stereocenters. The van der Waals surface area contributed by atoms with E-state index in [0.29, 0.717) is 11.5 Å². The lowest BCUT2D eigenvalue weighted by atomic mass is 10.1. The predicted octanol–water partition coefficient (Wildman–Crippen LogP) is 3.11. The molecule has 2 aromatic carbocycles. The first-order valence-electron chi connectivity index (χ1n) is 6.15. The number of rotatable bonds is 3. The van der Waals surface area contributed by atoms with Gasteiger partial charge >= 0.3 is 0 Å². The standard InChI is InChI=1S/C17H16O3/c1-18-15-9-6-13(7-10-15)4-5-14-8-11-16(19-2)17(12-14)20-3/h6-12H,1-3H3. The van der Waals surface area contributed by atoms with Gasteiger partial charge in [0, 0.05) is 11.1 Å². The van der Waals surface area contributed by atoms with Crippen LogP contribution >= 0.6 is 0 Å². The summed E-state index contributed by atoms with van der Waals surface area (Å²) >= 11 is 0. The normalized spacial score (nSPS) is 9.35. The van der Waals surface area contributed by atoms with Crippen molar-refractivity contribution in [2.45, 2.75) is 0 Å². The van der Waals surface area contributed by atoms with Crippen LogP contribution in [0.25, 0.3) is 0 Å². The molecule has 0 fully saturated rings. The molecule has 0 saturated carbocycles. The fourth-order valence-electron chi connectivity index (χ4n) is 1.73. The average Bonchev–Trinajstić information content (AvgIpc) is 2.53. The first-order valence-corrected chi connectivity index (χ1v) is 6.15. The SMILES string of the molecule is COc1ccc(C#Cc2ccc(OC)c(OC)c2)cc1. The minimum Gasteiger partial charge on any atom is -0.497 e. The van der Waals surface area contributed by atoms with Gasteiger partial charge in [-0.05, 0) is 42.5 Å². The van der Waals surface area contributed by atoms with Gasteiger partial charge in [0.05, 0.1) is 21.3 Å². The topological polar surface area (TPSA) is 27.7 Å². The molecule has 0 radical (unpaired) electrons. The second-order valence-electron chi connectivity index (χ2n) is 4.05. The van der Waals surface area contributed by atoms with E-state index < -0.39 is 0 Å². The highest BCUT2D eigenvalue weighted by molar-refractivity contribution is 5.50. The Morgan fingerprint density at radius 1 is 0.650 bits per heavy atom. The number of hydrogen-bond donors (Lipinski definition) is 0. The Hall–Kier alpha value is -2.60. The second kappa shape index (κ2) is 6.53. The van der Waals surface area contributed by atoms with Crippen LogP contribution in [0.15, 0.2) is 42.5 Å². The monoisotopic (exact) mass is 268 g/mol. The quantitative estimate of drug-likeness (QED) is 0.800. The molecule has 0 amide bonds. The summed E-state index contributed by atoms with van der Waals surface area (Å²) < 4.78 is 15.6. The van der Waals surface area contributed by atoms with Gasteiger partial charge in [-0.15, -0.1) is 0 Å². The third-order valence-corrected chi connectivity index (χ3v) is 2.82. The van der Waals surface area contributed by atoms with Crippen molar-refractivity contribution in [1.29, 1.82) is 0 Å². The third-order valence-electron chi connectivity index (χ3n) is 2.82. The lowest BCUT2D eigenvalue weighted by Crippen LogP contribution is -1.90. The van der Waals surface area contributed by atoms with Crippen molar-refractivity contribution in [3.05, 3.63) is 53.6 Å². The molecule has 0 N–H and O–H groups in total. The van der Waals surface area contributed by atoms with Crippen molar-refractivity contribution in [3.63, 3.8) is 0 Å². The van der Waals surface area contributed by atoms with Crippen molar-refractivity contribution in [2.24, 2.45) is 0 Å². The molecule has 3 heteroatoms. The van der Waals surface area contributed by atoms with E-state index in [0.717, 1.165) is 16.9 Å². The molecule has 0 bridgehead atoms. The van der Waals surface area contributed by atoms with E-state index in [2.05, 4.69) is 11.8 Å². The zero-order chi connectivity index (χ0) is 14.4. The zero-order valence-corrected chi connectivity index (χ0v) is 11.8. The fourth-order valence-corrected chi connectivity index (χ4v) is 1.73. The second-order valence-corrected chi connectivity index (χ2v) is 4.05. The van der Waals surface area contributed by atoms with E-state index in [1.54, 1.807) is 21.3 Å². The highest BCUT2D eigenvalue weighted by Crippen LogP contribution is 2.27. The first-order chi connectivity index (χ1) is 9.76. The molecule has 0 aromatic heterocycles. The van der Waals surface area contributed by atoms with Crippen LogP contribution in [0.5, 0.6) is 17.2 Å². The molecular weight excluding hydrogens is 252 g/mol. The fraction of sp³-hybridized carbons (Fsp3) is 0.176. The average molecular weight is 268 g/mol. The van der Waals surface area contributed by atoms with E-state index in [1.165, 1.54) is 0 Å². The summed E-state index contributed by atoms with van der Waals surface area (Å²) in [6, 6.07) is 13.2. The van der Waals surface area contributed by atoms with Crippen LogP contribution in [-0.4, -0.2) is 21.3 Å². The Kier molecular flexibility index (Phi) is 4.52. The van der Waals surface area contributed by atoms with Gasteiger partial charge in [-0.2, -0.15) is 0 Å². The minimum absolute atomic E-state index is 0.675. The third kappa shape index (κ3) is 3.24. The van der Waals surface area contributed by atoms with Gasteiger partial charge in [-0.1, -0.05) is 11.8 Å². The maximum atomic E-state index is 5.25. The maximum absolute atomic E-state index is 5.25. The first kappa shape index (κ1) is 13.8. The smallest absolute Gasteiger partial charge is 0.161 e. The number of methoxy groups -OCH3 is 3. The maximum Gasteiger partial charge on any atom is 0.161 e. The highest BCUT2D eigenvalue weighted by Gasteiger charge is 2.02. The summed E-state index contributed by atoms with van der Waals surface area (Å²) in [6.07, 6.45) is 0. The summed E-state index contributed by atoms with van der Waals surface area (Å²) in [6.45, 7) is 0. The van der Waals surface area contributed by atoms with Gasteiger partial charge in [-0.25, -0.2) is 0 Å². The lowest BCUT2D eigenvalue weighted by Gasteiger charge is -2.06.